The Morgan fingerprint density at radius 2 is 0.571 bits per heavy atom. The first kappa shape index (κ1) is 29.1. The summed E-state index contributed by atoms with van der Waals surface area (Å²) in [4.78, 5) is 4.39. The number of fused-ring (bicyclic) bond motifs is 10. The summed E-state index contributed by atoms with van der Waals surface area (Å²) < 4.78 is 74.3. The lowest BCUT2D eigenvalue weighted by molar-refractivity contribution is 0.794. The Labute approximate surface area is 380 Å². The van der Waals surface area contributed by atoms with Crippen molar-refractivity contribution in [2.45, 2.75) is 5.41 Å². The molecule has 1 spiro atoms. The van der Waals surface area contributed by atoms with Gasteiger partial charge in [0.05, 0.1) is 16.4 Å². The summed E-state index contributed by atoms with van der Waals surface area (Å²) >= 11 is 0. The highest BCUT2D eigenvalue weighted by Gasteiger charge is 2.51. The van der Waals surface area contributed by atoms with E-state index >= 15 is 0 Å². The third-order valence-corrected chi connectivity index (χ3v) is 12.5. The van der Waals surface area contributed by atoms with Gasteiger partial charge in [0.15, 0.2) is 0 Å². The van der Waals surface area contributed by atoms with E-state index in [9.17, 15) is 5.48 Å². The molecule has 2 aliphatic rings. The van der Waals surface area contributed by atoms with Gasteiger partial charge in [-0.3, -0.25) is 0 Å². The van der Waals surface area contributed by atoms with Crippen molar-refractivity contribution in [1.82, 2.24) is 0 Å². The van der Waals surface area contributed by atoms with E-state index in [0.717, 1.165) is 67.5 Å². The minimum Gasteiger partial charge on any atom is -0.311 e. The number of para-hydroxylation sites is 4. The monoisotopic (exact) mass is 810 g/mol. The van der Waals surface area contributed by atoms with Crippen LogP contribution in [0.2, 0.25) is 0 Å². The molecule has 0 atom stereocenters. The molecule has 2 heteroatoms. The van der Waals surface area contributed by atoms with Crippen LogP contribution in [-0.2, 0) is 5.41 Å². The van der Waals surface area contributed by atoms with Crippen LogP contribution in [0.5, 0.6) is 0 Å². The SMILES string of the molecule is [2H]c1c([2H])c([2H])c2c(c1[2H])-c1c([2H])c([2H])c([2H])c([2H])c1C21c2cc(-c3ccc(N(c4ccccc4)c4ccccc4)cc3)ccc2-c2ccc(-c3ccc(N(c4ccccc4)c4ccccc4)cc3)cc21. The Bertz CT molecular complexity index is 3390. The second-order valence-electron chi connectivity index (χ2n) is 15.9. The number of hydrogen-bond donors (Lipinski definition) is 0. The molecular weight excluding hydrogens is 761 g/mol. The van der Waals surface area contributed by atoms with Crippen molar-refractivity contribution in [3.8, 4) is 44.5 Å². The average Bonchev–Trinajstić information content (AvgIpc) is 3.90. The molecule has 0 N–H and O–H groups in total. The molecule has 0 aromatic heterocycles. The Morgan fingerprint density at radius 1 is 0.270 bits per heavy atom. The number of benzene rings is 10. The summed E-state index contributed by atoms with van der Waals surface area (Å²) in [5, 5.41) is 0. The second-order valence-corrected chi connectivity index (χ2v) is 15.9. The Kier molecular flexibility index (Phi) is 6.96. The third-order valence-electron chi connectivity index (χ3n) is 12.5. The van der Waals surface area contributed by atoms with Crippen LogP contribution in [0.15, 0.2) is 255 Å². The second kappa shape index (κ2) is 15.1. The highest BCUT2D eigenvalue weighted by molar-refractivity contribution is 5.97. The molecule has 0 bridgehead atoms. The summed E-state index contributed by atoms with van der Waals surface area (Å²) in [5.74, 6) is 0. The molecule has 0 fully saturated rings. The number of nitrogens with zero attached hydrogens (tertiary/aromatic N) is 2. The Hall–Kier alpha value is -8.20. The fourth-order valence-electron chi connectivity index (χ4n) is 9.72. The summed E-state index contributed by atoms with van der Waals surface area (Å²) in [6.45, 7) is 0. The van der Waals surface area contributed by atoms with E-state index in [0.29, 0.717) is 11.1 Å². The van der Waals surface area contributed by atoms with Gasteiger partial charge in [0.1, 0.15) is 0 Å². The zero-order chi connectivity index (χ0) is 48.7. The van der Waals surface area contributed by atoms with E-state index < -0.39 is 29.6 Å². The molecule has 63 heavy (non-hydrogen) atoms. The molecule has 0 unspecified atom stereocenters. The van der Waals surface area contributed by atoms with Crippen LogP contribution in [-0.4, -0.2) is 0 Å². The van der Waals surface area contributed by atoms with Gasteiger partial charge < -0.3 is 9.80 Å². The summed E-state index contributed by atoms with van der Waals surface area (Å²) in [6, 6.07) is 66.5. The van der Waals surface area contributed by atoms with Crippen molar-refractivity contribution in [1.29, 1.82) is 0 Å². The first-order valence-electron chi connectivity index (χ1n) is 25.1. The Morgan fingerprint density at radius 3 is 0.921 bits per heavy atom. The van der Waals surface area contributed by atoms with E-state index in [2.05, 4.69) is 119 Å². The van der Waals surface area contributed by atoms with Crippen molar-refractivity contribution >= 4 is 34.1 Å². The number of rotatable bonds is 8. The molecule has 296 valence electrons. The molecule has 10 aromatic carbocycles. The number of anilines is 6. The van der Waals surface area contributed by atoms with Gasteiger partial charge in [-0.2, -0.15) is 0 Å². The van der Waals surface area contributed by atoms with Crippen LogP contribution in [0.25, 0.3) is 44.5 Å². The average molecular weight is 811 g/mol. The predicted molar refractivity (Wildman–Crippen MR) is 263 cm³/mol. The predicted octanol–water partition coefficient (Wildman–Crippen LogP) is 16.3. The van der Waals surface area contributed by atoms with Gasteiger partial charge in [0.25, 0.3) is 0 Å². The highest BCUT2D eigenvalue weighted by atomic mass is 15.1. The van der Waals surface area contributed by atoms with Crippen molar-refractivity contribution in [2.24, 2.45) is 0 Å². The van der Waals surface area contributed by atoms with Gasteiger partial charge in [-0.1, -0.05) is 170 Å². The van der Waals surface area contributed by atoms with Gasteiger partial charge in [-0.15, -0.1) is 0 Å². The normalized spacial score (nSPS) is 14.3. The fraction of sp³-hybridized carbons (Fsp3) is 0.0164. The van der Waals surface area contributed by atoms with Gasteiger partial charge in [-0.05, 0) is 152 Å². The van der Waals surface area contributed by atoms with Crippen LogP contribution < -0.4 is 9.80 Å². The lowest BCUT2D eigenvalue weighted by atomic mass is 9.70. The van der Waals surface area contributed by atoms with E-state index in [1.807, 2.05) is 97.1 Å². The quantitative estimate of drug-likeness (QED) is 0.151. The lowest BCUT2D eigenvalue weighted by Gasteiger charge is -2.31. The lowest BCUT2D eigenvalue weighted by Crippen LogP contribution is -2.26. The molecule has 0 saturated carbocycles. The molecule has 10 aromatic rings. The van der Waals surface area contributed by atoms with Crippen LogP contribution in [0.1, 0.15) is 33.2 Å². The third kappa shape index (κ3) is 5.95. The van der Waals surface area contributed by atoms with Crippen LogP contribution in [0.4, 0.5) is 34.1 Å². The van der Waals surface area contributed by atoms with Crippen molar-refractivity contribution in [3.63, 3.8) is 0 Å². The topological polar surface area (TPSA) is 6.48 Å². The maximum Gasteiger partial charge on any atom is 0.0725 e. The van der Waals surface area contributed by atoms with Gasteiger partial charge in [0, 0.05) is 34.1 Å². The van der Waals surface area contributed by atoms with E-state index in [1.165, 1.54) is 0 Å². The van der Waals surface area contributed by atoms with Gasteiger partial charge >= 0.3 is 0 Å². The zero-order valence-corrected chi connectivity index (χ0v) is 34.0. The fourth-order valence-corrected chi connectivity index (χ4v) is 9.72. The summed E-state index contributed by atoms with van der Waals surface area (Å²) in [7, 11) is 0. The standard InChI is InChI=1S/C61H42N2/c1-5-17-47(18-6-1)62(48-19-7-2-8-20-48)51-35-29-43(30-36-51)45-33-39-55-56-40-34-46(44-31-37-52(38-32-44)63(49-21-9-3-10-22-49)50-23-11-4-12-24-50)42-60(56)61(59(55)41-45)57-27-15-13-25-53(57)54-26-14-16-28-58(54)61/h1-42H/i13D,14D,15D,16D,25D,26D,27D,28D. The maximum absolute atomic E-state index is 9.74. The zero-order valence-electron chi connectivity index (χ0n) is 42.0. The molecule has 2 aliphatic carbocycles. The smallest absolute Gasteiger partial charge is 0.0725 e. The van der Waals surface area contributed by atoms with Gasteiger partial charge in [-0.25, -0.2) is 0 Å². The molecule has 2 nitrogen and oxygen atoms in total. The van der Waals surface area contributed by atoms with E-state index in [1.54, 1.807) is 0 Å². The molecular formula is C61H42N2. The van der Waals surface area contributed by atoms with Crippen LogP contribution in [0.3, 0.4) is 0 Å². The van der Waals surface area contributed by atoms with Crippen molar-refractivity contribution in [3.05, 3.63) is 277 Å². The van der Waals surface area contributed by atoms with Crippen molar-refractivity contribution < 1.29 is 11.0 Å². The first-order chi connectivity index (χ1) is 34.6. The summed E-state index contributed by atoms with van der Waals surface area (Å²) in [5.41, 5.74) is 11.4. The van der Waals surface area contributed by atoms with E-state index in [4.69, 9.17) is 5.48 Å². The molecule has 12 rings (SSSR count). The number of hydrogen-bond acceptors (Lipinski definition) is 2. The maximum atomic E-state index is 9.74. The molecule has 0 saturated heterocycles. The molecule has 0 heterocycles. The van der Waals surface area contributed by atoms with Crippen molar-refractivity contribution in [2.75, 3.05) is 9.80 Å². The highest BCUT2D eigenvalue weighted by Crippen LogP contribution is 2.63. The van der Waals surface area contributed by atoms with Crippen LogP contribution in [0, 0.1) is 0 Å². The van der Waals surface area contributed by atoms with Crippen LogP contribution >= 0.6 is 0 Å². The molecule has 0 aliphatic heterocycles. The largest absolute Gasteiger partial charge is 0.311 e. The minimum atomic E-state index is -1.57. The summed E-state index contributed by atoms with van der Waals surface area (Å²) in [6.07, 6.45) is 0. The molecule has 0 radical (unpaired) electrons. The molecule has 0 amide bonds. The van der Waals surface area contributed by atoms with Gasteiger partial charge in [0.2, 0.25) is 0 Å². The Balaban J connectivity index is 1.06. The first-order valence-corrected chi connectivity index (χ1v) is 21.1. The van der Waals surface area contributed by atoms with E-state index in [-0.39, 0.29) is 46.4 Å². The minimum absolute atomic E-state index is 0.0881.